The number of hydrogen-bond donors (Lipinski definition) is 0. The van der Waals surface area contributed by atoms with E-state index < -0.39 is 0 Å². The minimum absolute atomic E-state index is 0.0246. The average molecular weight is 420 g/mol. The smallest absolute Gasteiger partial charge is 0.253 e. The molecule has 1 aliphatic rings. The molecule has 2 amide bonds. The summed E-state index contributed by atoms with van der Waals surface area (Å²) in [5, 5.41) is 0. The van der Waals surface area contributed by atoms with E-state index in [1.165, 1.54) is 0 Å². The fraction of sp³-hybridized carbons (Fsp3) is 0.652. The van der Waals surface area contributed by atoms with Gasteiger partial charge in [-0.2, -0.15) is 0 Å². The number of nitrogens with zero attached hydrogens (tertiary/aromatic N) is 3. The van der Waals surface area contributed by atoms with E-state index in [2.05, 4.69) is 18.7 Å². The van der Waals surface area contributed by atoms with E-state index in [1.54, 1.807) is 12.0 Å². The molecule has 1 heterocycles. The van der Waals surface area contributed by atoms with Gasteiger partial charge in [-0.25, -0.2) is 0 Å². The second-order valence-electron chi connectivity index (χ2n) is 7.72. The number of piperidine rings is 1. The quantitative estimate of drug-likeness (QED) is 0.552. The molecule has 0 aromatic heterocycles. The minimum Gasteiger partial charge on any atom is -0.490 e. The predicted molar refractivity (Wildman–Crippen MR) is 118 cm³/mol. The Morgan fingerprint density at radius 3 is 2.27 bits per heavy atom. The average Bonchev–Trinajstić information content (AvgIpc) is 2.78. The summed E-state index contributed by atoms with van der Waals surface area (Å²) in [4.78, 5) is 30.6. The lowest BCUT2D eigenvalue weighted by Crippen LogP contribution is -2.42. The van der Waals surface area contributed by atoms with Crippen LogP contribution in [0, 0.1) is 0 Å². The number of hydrogen-bond acceptors (Lipinski definition) is 5. The molecule has 7 nitrogen and oxygen atoms in total. The summed E-state index contributed by atoms with van der Waals surface area (Å²) in [6.07, 6.45) is 2.15. The van der Waals surface area contributed by atoms with Crippen LogP contribution in [0.4, 0.5) is 0 Å². The first-order chi connectivity index (χ1) is 14.5. The number of methoxy groups -OCH3 is 1. The van der Waals surface area contributed by atoms with E-state index in [-0.39, 0.29) is 17.9 Å². The van der Waals surface area contributed by atoms with Gasteiger partial charge < -0.3 is 24.2 Å². The van der Waals surface area contributed by atoms with E-state index in [4.69, 9.17) is 9.47 Å². The number of benzene rings is 1. The third-order valence-corrected chi connectivity index (χ3v) is 5.71. The molecule has 1 fully saturated rings. The van der Waals surface area contributed by atoms with Crippen LogP contribution in [0.5, 0.6) is 5.75 Å². The van der Waals surface area contributed by atoms with Crippen molar-refractivity contribution in [2.24, 2.45) is 0 Å². The summed E-state index contributed by atoms with van der Waals surface area (Å²) in [6.45, 7) is 9.72. The topological polar surface area (TPSA) is 62.3 Å². The van der Waals surface area contributed by atoms with E-state index in [0.717, 1.165) is 38.2 Å². The summed E-state index contributed by atoms with van der Waals surface area (Å²) in [7, 11) is 3.45. The van der Waals surface area contributed by atoms with Crippen molar-refractivity contribution in [1.29, 1.82) is 0 Å². The van der Waals surface area contributed by atoms with Gasteiger partial charge in [0.25, 0.3) is 5.91 Å². The molecule has 0 bridgehead atoms. The van der Waals surface area contributed by atoms with Gasteiger partial charge in [-0.15, -0.1) is 0 Å². The third kappa shape index (κ3) is 7.29. The Bertz CT molecular complexity index is 653. The molecule has 0 radical (unpaired) electrons. The summed E-state index contributed by atoms with van der Waals surface area (Å²) >= 11 is 0. The van der Waals surface area contributed by atoms with Crippen LogP contribution < -0.4 is 4.74 Å². The molecule has 0 spiro atoms. The minimum atomic E-state index is 0.0246. The fourth-order valence-corrected chi connectivity index (χ4v) is 3.59. The zero-order chi connectivity index (χ0) is 21.9. The Hall–Kier alpha value is -2.12. The molecule has 2 rings (SSSR count). The maximum absolute atomic E-state index is 12.6. The lowest BCUT2D eigenvalue weighted by Gasteiger charge is -2.32. The molecule has 0 saturated carbocycles. The lowest BCUT2D eigenvalue weighted by atomic mass is 10.1. The summed E-state index contributed by atoms with van der Waals surface area (Å²) in [5.74, 6) is 0.932. The van der Waals surface area contributed by atoms with Crippen molar-refractivity contribution >= 4 is 11.8 Å². The van der Waals surface area contributed by atoms with Gasteiger partial charge in [-0.3, -0.25) is 9.59 Å². The van der Waals surface area contributed by atoms with Gasteiger partial charge >= 0.3 is 0 Å². The van der Waals surface area contributed by atoms with E-state index in [0.29, 0.717) is 38.2 Å². The first-order valence-corrected chi connectivity index (χ1v) is 11.0. The monoisotopic (exact) mass is 419 g/mol. The molecule has 0 atom stereocenters. The zero-order valence-corrected chi connectivity index (χ0v) is 18.9. The van der Waals surface area contributed by atoms with Gasteiger partial charge in [0.05, 0.1) is 13.0 Å². The normalized spacial score (nSPS) is 14.8. The predicted octanol–water partition coefficient (Wildman–Crippen LogP) is 2.51. The molecule has 0 N–H and O–H groups in total. The van der Waals surface area contributed by atoms with Crippen LogP contribution in [0.3, 0.4) is 0 Å². The number of likely N-dealkylation sites (tertiary alicyclic amines) is 1. The maximum Gasteiger partial charge on any atom is 0.253 e. The number of amides is 2. The van der Waals surface area contributed by atoms with Gasteiger partial charge in [-0.1, -0.05) is 13.8 Å². The third-order valence-electron chi connectivity index (χ3n) is 5.71. The zero-order valence-electron chi connectivity index (χ0n) is 18.9. The number of carbonyl (C=O) groups is 2. The Balaban J connectivity index is 1.79. The molecule has 7 heteroatoms. The van der Waals surface area contributed by atoms with Gasteiger partial charge in [0.15, 0.2) is 0 Å². The van der Waals surface area contributed by atoms with Crippen LogP contribution in [-0.4, -0.2) is 92.7 Å². The molecule has 1 aromatic carbocycles. The van der Waals surface area contributed by atoms with Crippen LogP contribution in [0.2, 0.25) is 0 Å². The molecular formula is C23H37N3O4. The second-order valence-corrected chi connectivity index (χ2v) is 7.72. The highest BCUT2D eigenvalue weighted by molar-refractivity contribution is 5.94. The first-order valence-electron chi connectivity index (χ1n) is 11.0. The number of carbonyl (C=O) groups excluding carboxylic acids is 2. The Labute approximate surface area is 180 Å². The Morgan fingerprint density at radius 2 is 1.70 bits per heavy atom. The second kappa shape index (κ2) is 12.5. The number of likely N-dealkylation sites (N-methyl/N-ethyl adjacent to an activating group) is 2. The highest BCUT2D eigenvalue weighted by Crippen LogP contribution is 2.20. The van der Waals surface area contributed by atoms with Crippen molar-refractivity contribution in [3.05, 3.63) is 29.8 Å². The van der Waals surface area contributed by atoms with Gasteiger partial charge in [-0.05, 0) is 37.4 Å². The lowest BCUT2D eigenvalue weighted by molar-refractivity contribution is -0.133. The Kier molecular flexibility index (Phi) is 10.1. The molecule has 0 aliphatic carbocycles. The highest BCUT2D eigenvalue weighted by atomic mass is 16.5. The van der Waals surface area contributed by atoms with E-state index in [9.17, 15) is 9.59 Å². The summed E-state index contributed by atoms with van der Waals surface area (Å²) in [5.41, 5.74) is 0.669. The van der Waals surface area contributed by atoms with Gasteiger partial charge in [0.1, 0.15) is 11.9 Å². The van der Waals surface area contributed by atoms with E-state index >= 15 is 0 Å². The molecular weight excluding hydrogens is 382 g/mol. The van der Waals surface area contributed by atoms with Gasteiger partial charge in [0.2, 0.25) is 5.91 Å². The van der Waals surface area contributed by atoms with Crippen molar-refractivity contribution in [3.63, 3.8) is 0 Å². The van der Waals surface area contributed by atoms with Crippen LogP contribution in [0.25, 0.3) is 0 Å². The number of rotatable bonds is 11. The summed E-state index contributed by atoms with van der Waals surface area (Å²) < 4.78 is 11.1. The van der Waals surface area contributed by atoms with Crippen molar-refractivity contribution in [1.82, 2.24) is 14.7 Å². The SMILES string of the molecule is CCN(CC)CCN(C)C(=O)c1ccc(OC2CCN(C(=O)CCOC)CC2)cc1. The maximum atomic E-state index is 12.6. The van der Waals surface area contributed by atoms with Crippen LogP contribution >= 0.6 is 0 Å². The Morgan fingerprint density at radius 1 is 1.07 bits per heavy atom. The van der Waals surface area contributed by atoms with Gasteiger partial charge in [0, 0.05) is 58.7 Å². The molecule has 0 unspecified atom stereocenters. The van der Waals surface area contributed by atoms with Crippen molar-refractivity contribution in [2.75, 3.05) is 60.0 Å². The van der Waals surface area contributed by atoms with Crippen LogP contribution in [-0.2, 0) is 9.53 Å². The fourth-order valence-electron chi connectivity index (χ4n) is 3.59. The van der Waals surface area contributed by atoms with Crippen molar-refractivity contribution < 1.29 is 19.1 Å². The molecule has 168 valence electrons. The van der Waals surface area contributed by atoms with Crippen LogP contribution in [0.1, 0.15) is 43.5 Å². The summed E-state index contributed by atoms with van der Waals surface area (Å²) in [6, 6.07) is 7.38. The molecule has 1 saturated heterocycles. The van der Waals surface area contributed by atoms with Crippen LogP contribution in [0.15, 0.2) is 24.3 Å². The standard InChI is InChI=1S/C23H37N3O4/c1-5-25(6-2)17-16-24(3)23(28)19-7-9-20(10-8-19)30-21-11-14-26(15-12-21)22(27)13-18-29-4/h7-10,21H,5-6,11-18H2,1-4H3. The highest BCUT2D eigenvalue weighted by Gasteiger charge is 2.23. The number of ether oxygens (including phenoxy) is 2. The molecule has 1 aromatic rings. The molecule has 30 heavy (non-hydrogen) atoms. The molecule has 1 aliphatic heterocycles. The van der Waals surface area contributed by atoms with Crippen molar-refractivity contribution in [3.8, 4) is 5.75 Å². The van der Waals surface area contributed by atoms with Crippen molar-refractivity contribution in [2.45, 2.75) is 39.2 Å². The first kappa shape index (κ1) is 24.2. The largest absolute Gasteiger partial charge is 0.490 e. The van der Waals surface area contributed by atoms with E-state index in [1.807, 2.05) is 36.2 Å².